The van der Waals surface area contributed by atoms with Gasteiger partial charge in [-0.1, -0.05) is 30.3 Å². The summed E-state index contributed by atoms with van der Waals surface area (Å²) < 4.78 is 0. The van der Waals surface area contributed by atoms with E-state index in [0.717, 1.165) is 53.1 Å². The number of hydrogen-bond donors (Lipinski definition) is 1. The second-order valence-electron chi connectivity index (χ2n) is 8.87. The smallest absolute Gasteiger partial charge is 0.253 e. The number of benzene rings is 2. The Morgan fingerprint density at radius 3 is 2.73 bits per heavy atom. The normalized spacial score (nSPS) is 16.2. The molecular weight excluding hydrogens is 412 g/mol. The van der Waals surface area contributed by atoms with Gasteiger partial charge in [-0.05, 0) is 43.5 Å². The molecule has 1 aliphatic rings. The van der Waals surface area contributed by atoms with Crippen molar-refractivity contribution in [1.29, 1.82) is 0 Å². The van der Waals surface area contributed by atoms with E-state index in [1.165, 1.54) is 0 Å². The third-order valence-corrected chi connectivity index (χ3v) is 6.23. The zero-order chi connectivity index (χ0) is 22.9. The van der Waals surface area contributed by atoms with Crippen molar-refractivity contribution in [3.05, 3.63) is 71.8 Å². The number of fused-ring (bicyclic) bond motifs is 1. The minimum absolute atomic E-state index is 0.0528. The Bertz CT molecular complexity index is 1300. The molecule has 168 valence electrons. The molecule has 4 aromatic rings. The van der Waals surface area contributed by atoms with Gasteiger partial charge >= 0.3 is 0 Å². The van der Waals surface area contributed by atoms with Crippen LogP contribution in [-0.2, 0) is 0 Å². The van der Waals surface area contributed by atoms with Gasteiger partial charge in [0.1, 0.15) is 5.82 Å². The van der Waals surface area contributed by atoms with E-state index in [0.29, 0.717) is 18.1 Å². The monoisotopic (exact) mass is 440 g/mol. The summed E-state index contributed by atoms with van der Waals surface area (Å²) in [6.45, 7) is 3.31. The van der Waals surface area contributed by atoms with Gasteiger partial charge in [0, 0.05) is 50.4 Å². The second-order valence-corrected chi connectivity index (χ2v) is 8.87. The molecule has 1 atom stereocenters. The maximum atomic E-state index is 13.4. The Labute approximate surface area is 193 Å². The molecule has 1 fully saturated rings. The van der Waals surface area contributed by atoms with E-state index >= 15 is 0 Å². The van der Waals surface area contributed by atoms with Crippen molar-refractivity contribution in [2.45, 2.75) is 25.7 Å². The number of likely N-dealkylation sites (tertiary alicyclic amines) is 1. The van der Waals surface area contributed by atoms with Crippen LogP contribution < -0.4 is 4.90 Å². The van der Waals surface area contributed by atoms with Gasteiger partial charge in [-0.25, -0.2) is 15.0 Å². The van der Waals surface area contributed by atoms with Crippen molar-refractivity contribution in [3.8, 4) is 11.1 Å². The summed E-state index contributed by atoms with van der Waals surface area (Å²) in [5, 5.41) is 0. The van der Waals surface area contributed by atoms with Gasteiger partial charge in [-0.2, -0.15) is 0 Å². The Morgan fingerprint density at radius 1 is 1.12 bits per heavy atom. The number of carbonyl (C=O) groups excluding carboxylic acids is 1. The Kier molecular flexibility index (Phi) is 5.54. The number of aromatic nitrogens is 4. The lowest BCUT2D eigenvalue weighted by atomic mass is 9.89. The molecule has 0 spiro atoms. The summed E-state index contributed by atoms with van der Waals surface area (Å²) in [7, 11) is 3.90. The molecule has 3 heterocycles. The van der Waals surface area contributed by atoms with Crippen LogP contribution in [0, 0.1) is 6.92 Å². The number of imidazole rings is 1. The first-order valence-corrected chi connectivity index (χ1v) is 11.3. The maximum Gasteiger partial charge on any atom is 0.253 e. The summed E-state index contributed by atoms with van der Waals surface area (Å²) in [6.07, 6.45) is 3.85. The van der Waals surface area contributed by atoms with Crippen molar-refractivity contribution < 1.29 is 4.79 Å². The molecule has 2 aromatic carbocycles. The maximum absolute atomic E-state index is 13.4. The van der Waals surface area contributed by atoms with E-state index in [1.54, 1.807) is 0 Å². The molecule has 0 saturated carbocycles. The van der Waals surface area contributed by atoms with Crippen molar-refractivity contribution in [2.75, 3.05) is 32.1 Å². The molecule has 7 nitrogen and oxygen atoms in total. The summed E-state index contributed by atoms with van der Waals surface area (Å²) in [5.74, 6) is 1.74. The van der Waals surface area contributed by atoms with Crippen molar-refractivity contribution >= 4 is 22.9 Å². The number of hydrogen-bond acceptors (Lipinski definition) is 5. The summed E-state index contributed by atoms with van der Waals surface area (Å²) in [4.78, 5) is 34.5. The molecule has 0 radical (unpaired) electrons. The highest BCUT2D eigenvalue weighted by Crippen LogP contribution is 2.34. The van der Waals surface area contributed by atoms with E-state index in [2.05, 4.69) is 27.1 Å². The average molecular weight is 441 g/mol. The molecular formula is C26H28N6O. The van der Waals surface area contributed by atoms with Crippen LogP contribution in [0.4, 0.5) is 5.95 Å². The fourth-order valence-electron chi connectivity index (χ4n) is 4.59. The Hall–Kier alpha value is -3.74. The molecule has 1 saturated heterocycles. The van der Waals surface area contributed by atoms with Crippen molar-refractivity contribution in [1.82, 2.24) is 24.8 Å². The predicted molar refractivity (Wildman–Crippen MR) is 131 cm³/mol. The topological polar surface area (TPSA) is 78.0 Å². The molecule has 0 bridgehead atoms. The van der Waals surface area contributed by atoms with E-state index in [-0.39, 0.29) is 11.8 Å². The first-order chi connectivity index (χ1) is 16.0. The van der Waals surface area contributed by atoms with Crippen LogP contribution in [0.3, 0.4) is 0 Å². The van der Waals surface area contributed by atoms with E-state index in [9.17, 15) is 4.79 Å². The van der Waals surface area contributed by atoms with Crippen LogP contribution in [0.25, 0.3) is 22.2 Å². The molecule has 33 heavy (non-hydrogen) atoms. The first-order valence-electron chi connectivity index (χ1n) is 11.3. The lowest BCUT2D eigenvalue weighted by Gasteiger charge is -2.33. The fraction of sp³-hybridized carbons (Fsp3) is 0.308. The summed E-state index contributed by atoms with van der Waals surface area (Å²) in [6, 6.07) is 15.9. The number of nitrogens with one attached hydrogen (secondary N) is 1. The quantitative estimate of drug-likeness (QED) is 0.508. The number of piperidine rings is 1. The van der Waals surface area contributed by atoms with Crippen LogP contribution >= 0.6 is 0 Å². The standard InChI is InChI=1S/C26H28N6O/c1-17-28-22-12-11-19(14-23(22)29-17)25(33)32-13-7-10-20(16-32)24-21(18-8-5-4-6-9-18)15-27-26(30-24)31(2)3/h4-6,8-9,11-12,14-15,20H,7,10,13,16H2,1-3H3,(H,28,29)/t20-/m1/s1. The Morgan fingerprint density at radius 2 is 1.94 bits per heavy atom. The van der Waals surface area contributed by atoms with Crippen LogP contribution in [-0.4, -0.2) is 57.9 Å². The van der Waals surface area contributed by atoms with Gasteiger partial charge < -0.3 is 14.8 Å². The number of anilines is 1. The van der Waals surface area contributed by atoms with Crippen molar-refractivity contribution in [3.63, 3.8) is 0 Å². The van der Waals surface area contributed by atoms with Gasteiger partial charge in [0.15, 0.2) is 0 Å². The third-order valence-electron chi connectivity index (χ3n) is 6.23. The highest BCUT2D eigenvalue weighted by molar-refractivity contribution is 5.97. The van der Waals surface area contributed by atoms with E-state index < -0.39 is 0 Å². The average Bonchev–Trinajstić information content (AvgIpc) is 3.23. The number of amides is 1. The Balaban J connectivity index is 1.46. The van der Waals surface area contributed by atoms with E-state index in [4.69, 9.17) is 4.98 Å². The van der Waals surface area contributed by atoms with Crippen LogP contribution in [0.5, 0.6) is 0 Å². The molecule has 7 heteroatoms. The fourth-order valence-corrected chi connectivity index (χ4v) is 4.59. The summed E-state index contributed by atoms with van der Waals surface area (Å²) >= 11 is 0. The van der Waals surface area contributed by atoms with Crippen LogP contribution in [0.2, 0.25) is 0 Å². The number of aromatic amines is 1. The minimum Gasteiger partial charge on any atom is -0.347 e. The molecule has 0 aliphatic carbocycles. The van der Waals surface area contributed by atoms with Crippen LogP contribution in [0.15, 0.2) is 54.7 Å². The highest BCUT2D eigenvalue weighted by Gasteiger charge is 2.29. The number of aryl methyl sites for hydroxylation is 1. The largest absolute Gasteiger partial charge is 0.347 e. The van der Waals surface area contributed by atoms with Crippen LogP contribution in [0.1, 0.15) is 40.6 Å². The zero-order valence-corrected chi connectivity index (χ0v) is 19.2. The predicted octanol–water partition coefficient (Wildman–Crippen LogP) is 4.41. The molecule has 5 rings (SSSR count). The number of rotatable bonds is 4. The minimum atomic E-state index is 0.0528. The lowest BCUT2D eigenvalue weighted by Crippen LogP contribution is -2.39. The molecule has 1 N–H and O–H groups in total. The van der Waals surface area contributed by atoms with Gasteiger partial charge in [0.2, 0.25) is 5.95 Å². The first kappa shape index (κ1) is 21.1. The number of carbonyl (C=O) groups is 1. The SMILES string of the molecule is Cc1nc2ccc(C(=O)N3CCC[C@@H](c4nc(N(C)C)ncc4-c4ccccc4)C3)cc2[nH]1. The molecule has 1 aliphatic heterocycles. The summed E-state index contributed by atoms with van der Waals surface area (Å²) in [5.41, 5.74) is 5.61. The lowest BCUT2D eigenvalue weighted by molar-refractivity contribution is 0.0706. The van der Waals surface area contributed by atoms with E-state index in [1.807, 2.05) is 73.4 Å². The van der Waals surface area contributed by atoms with Gasteiger partial charge in [0.25, 0.3) is 5.91 Å². The van der Waals surface area contributed by atoms with Gasteiger partial charge in [-0.3, -0.25) is 4.79 Å². The number of H-pyrrole nitrogens is 1. The second kappa shape index (κ2) is 8.65. The third kappa shape index (κ3) is 4.18. The molecule has 0 unspecified atom stereocenters. The van der Waals surface area contributed by atoms with Gasteiger partial charge in [-0.15, -0.1) is 0 Å². The van der Waals surface area contributed by atoms with Crippen molar-refractivity contribution in [2.24, 2.45) is 0 Å². The van der Waals surface area contributed by atoms with Gasteiger partial charge in [0.05, 0.1) is 16.7 Å². The molecule has 2 aromatic heterocycles. The molecule has 1 amide bonds. The number of nitrogens with zero attached hydrogens (tertiary/aromatic N) is 5. The highest BCUT2D eigenvalue weighted by atomic mass is 16.2. The zero-order valence-electron chi connectivity index (χ0n) is 19.2.